The van der Waals surface area contributed by atoms with Gasteiger partial charge in [0.15, 0.2) is 0 Å². The van der Waals surface area contributed by atoms with Gasteiger partial charge in [-0.05, 0) is 125 Å². The average Bonchev–Trinajstić information content (AvgIpc) is 3.12. The van der Waals surface area contributed by atoms with Gasteiger partial charge in [-0.15, -0.1) is 0 Å². The summed E-state index contributed by atoms with van der Waals surface area (Å²) in [7, 11) is 0. The van der Waals surface area contributed by atoms with E-state index in [1.54, 1.807) is 54.6 Å². The van der Waals surface area contributed by atoms with Gasteiger partial charge in [0.1, 0.15) is 0 Å². The van der Waals surface area contributed by atoms with Gasteiger partial charge in [-0.25, -0.2) is 0 Å². The highest BCUT2D eigenvalue weighted by Gasteiger charge is 1.98. The number of anilines is 10. The molecule has 0 aliphatic rings. The van der Waals surface area contributed by atoms with Crippen molar-refractivity contribution in [3.05, 3.63) is 170 Å². The Labute approximate surface area is 311 Å². The molecule has 0 fully saturated rings. The predicted octanol–water partition coefficient (Wildman–Crippen LogP) is 6.76. The molecular weight excluding hydrogens is 661 g/mol. The molecule has 0 spiro atoms. The fourth-order valence-electron chi connectivity index (χ4n) is 4.35. The van der Waals surface area contributed by atoms with Gasteiger partial charge in [0.25, 0.3) is 0 Å². The summed E-state index contributed by atoms with van der Waals surface area (Å²) in [6.45, 7) is 0. The monoisotopic (exact) mass is 710 g/mol. The second kappa shape index (κ2) is 21.6. The van der Waals surface area contributed by atoms with Crippen LogP contribution in [0.5, 0.6) is 0 Å². The van der Waals surface area contributed by atoms with Crippen LogP contribution in [0.3, 0.4) is 0 Å². The Morgan fingerprint density at radius 3 is 0.717 bits per heavy atom. The van der Waals surface area contributed by atoms with E-state index < -0.39 is 0 Å². The highest BCUT2D eigenvalue weighted by Crippen LogP contribution is 2.23. The standard InChI is InChI=1S/2C12H12N2.3C6H8N2.H2O/c2*13-11-6-4-9(5-7-11)10-2-1-3-12(14)8-10;7-5-1-2-6(8)4-3-5;7-5-2-1-3-6(8)4-5;7-5-3-1-2-4-6(5)8;/h2*1-8H,13-14H2;3*1-4H,7-8H2;1H2. The second-order valence-electron chi connectivity index (χ2n) is 11.5. The highest BCUT2D eigenvalue weighted by atomic mass is 16.0. The number of hydrogen-bond donors (Lipinski definition) is 10. The molecule has 22 N–H and O–H groups in total. The van der Waals surface area contributed by atoms with Crippen LogP contribution < -0.4 is 57.3 Å². The molecule has 53 heavy (non-hydrogen) atoms. The fraction of sp³-hybridized carbons (Fsp3) is 0. The molecule has 0 amide bonds. The first kappa shape index (κ1) is 41.7. The van der Waals surface area contributed by atoms with E-state index in [2.05, 4.69) is 0 Å². The number of nitrogen functional groups attached to an aromatic ring is 10. The molecule has 0 aliphatic heterocycles. The van der Waals surface area contributed by atoms with Crippen molar-refractivity contribution in [3.63, 3.8) is 0 Å². The van der Waals surface area contributed by atoms with Crippen LogP contribution in [-0.2, 0) is 0 Å². The third-order valence-electron chi connectivity index (χ3n) is 7.10. The third-order valence-corrected chi connectivity index (χ3v) is 7.10. The van der Waals surface area contributed by atoms with Crippen LogP contribution >= 0.6 is 0 Å². The van der Waals surface area contributed by atoms with Gasteiger partial charge in [-0.2, -0.15) is 0 Å². The van der Waals surface area contributed by atoms with Crippen LogP contribution in [0.2, 0.25) is 0 Å². The van der Waals surface area contributed by atoms with Crippen molar-refractivity contribution >= 4 is 56.9 Å². The van der Waals surface area contributed by atoms with Crippen LogP contribution in [0, 0.1) is 0 Å². The molecule has 0 radical (unpaired) electrons. The second-order valence-corrected chi connectivity index (χ2v) is 11.5. The normalized spacial score (nSPS) is 9.36. The summed E-state index contributed by atoms with van der Waals surface area (Å²) in [5, 5.41) is 0. The minimum absolute atomic E-state index is 0. The van der Waals surface area contributed by atoms with Gasteiger partial charge in [-0.1, -0.05) is 66.7 Å². The Hall–Kier alpha value is -7.50. The Kier molecular flexibility index (Phi) is 16.9. The summed E-state index contributed by atoms with van der Waals surface area (Å²) in [4.78, 5) is 0. The Morgan fingerprint density at radius 1 is 0.208 bits per heavy atom. The Bertz CT molecular complexity index is 1940. The van der Waals surface area contributed by atoms with Crippen molar-refractivity contribution in [3.8, 4) is 22.3 Å². The van der Waals surface area contributed by atoms with Crippen LogP contribution in [-0.4, -0.2) is 5.48 Å². The molecule has 7 aromatic carbocycles. The molecule has 11 heteroatoms. The highest BCUT2D eigenvalue weighted by molar-refractivity contribution is 5.70. The van der Waals surface area contributed by atoms with Gasteiger partial charge in [0.2, 0.25) is 0 Å². The van der Waals surface area contributed by atoms with Crippen LogP contribution in [0.4, 0.5) is 56.9 Å². The van der Waals surface area contributed by atoms with E-state index in [-0.39, 0.29) is 5.48 Å². The van der Waals surface area contributed by atoms with Crippen molar-refractivity contribution in [2.24, 2.45) is 0 Å². The summed E-state index contributed by atoms with van der Waals surface area (Å²) < 4.78 is 0. The minimum Gasteiger partial charge on any atom is -0.412 e. The summed E-state index contributed by atoms with van der Waals surface area (Å²) in [6.07, 6.45) is 0. The van der Waals surface area contributed by atoms with Crippen molar-refractivity contribution in [2.45, 2.75) is 0 Å². The van der Waals surface area contributed by atoms with Gasteiger partial charge < -0.3 is 62.8 Å². The van der Waals surface area contributed by atoms with E-state index in [0.29, 0.717) is 22.7 Å². The van der Waals surface area contributed by atoms with Gasteiger partial charge >= 0.3 is 0 Å². The first-order valence-corrected chi connectivity index (χ1v) is 16.1. The Morgan fingerprint density at radius 2 is 0.472 bits per heavy atom. The summed E-state index contributed by atoms with van der Waals surface area (Å²) >= 11 is 0. The first-order chi connectivity index (χ1) is 24.9. The predicted molar refractivity (Wildman–Crippen MR) is 231 cm³/mol. The van der Waals surface area contributed by atoms with Gasteiger partial charge in [0.05, 0.1) is 11.4 Å². The van der Waals surface area contributed by atoms with E-state index in [1.165, 1.54) is 0 Å². The molecule has 0 atom stereocenters. The van der Waals surface area contributed by atoms with Crippen LogP contribution in [0.25, 0.3) is 22.3 Å². The summed E-state index contributed by atoms with van der Waals surface area (Å²) in [5.41, 5.74) is 66.7. The average molecular weight is 711 g/mol. The first-order valence-electron chi connectivity index (χ1n) is 16.1. The minimum atomic E-state index is 0. The van der Waals surface area contributed by atoms with E-state index in [0.717, 1.165) is 56.4 Å². The molecule has 0 saturated heterocycles. The molecular formula is C42H50N10O. The summed E-state index contributed by atoms with van der Waals surface area (Å²) in [6, 6.07) is 52.6. The quantitative estimate of drug-likeness (QED) is 0.0840. The topological polar surface area (TPSA) is 292 Å². The lowest BCUT2D eigenvalue weighted by Gasteiger charge is -2.02. The zero-order valence-corrected chi connectivity index (χ0v) is 29.4. The van der Waals surface area contributed by atoms with E-state index in [1.807, 2.05) is 115 Å². The molecule has 0 heterocycles. The number of benzene rings is 7. The maximum Gasteiger partial charge on any atom is 0.0547 e. The lowest BCUT2D eigenvalue weighted by Crippen LogP contribution is -1.91. The zero-order chi connectivity index (χ0) is 37.9. The van der Waals surface area contributed by atoms with Crippen molar-refractivity contribution in [1.82, 2.24) is 0 Å². The number of rotatable bonds is 2. The van der Waals surface area contributed by atoms with Crippen molar-refractivity contribution in [1.29, 1.82) is 0 Å². The van der Waals surface area contributed by atoms with E-state index >= 15 is 0 Å². The number of nitrogens with two attached hydrogens (primary N) is 10. The van der Waals surface area contributed by atoms with Crippen LogP contribution in [0.1, 0.15) is 0 Å². The maximum absolute atomic E-state index is 5.70. The smallest absolute Gasteiger partial charge is 0.0547 e. The molecule has 0 aromatic heterocycles. The van der Waals surface area contributed by atoms with Crippen LogP contribution in [0.15, 0.2) is 170 Å². The largest absolute Gasteiger partial charge is 0.412 e. The lowest BCUT2D eigenvalue weighted by molar-refractivity contribution is 0.824. The maximum atomic E-state index is 5.70. The van der Waals surface area contributed by atoms with E-state index in [4.69, 9.17) is 57.3 Å². The number of para-hydroxylation sites is 2. The molecule has 0 aliphatic carbocycles. The molecule has 0 saturated carbocycles. The molecule has 7 aromatic rings. The third kappa shape index (κ3) is 15.7. The zero-order valence-electron chi connectivity index (χ0n) is 29.4. The lowest BCUT2D eigenvalue weighted by atomic mass is 10.1. The molecule has 11 nitrogen and oxygen atoms in total. The summed E-state index contributed by atoms with van der Waals surface area (Å²) in [5.74, 6) is 0. The Balaban J connectivity index is 0.000000234. The van der Waals surface area contributed by atoms with Crippen molar-refractivity contribution in [2.75, 3.05) is 57.3 Å². The van der Waals surface area contributed by atoms with E-state index in [9.17, 15) is 0 Å². The molecule has 274 valence electrons. The molecule has 0 bridgehead atoms. The molecule has 7 rings (SSSR count). The van der Waals surface area contributed by atoms with Gasteiger partial charge in [-0.3, -0.25) is 0 Å². The molecule has 0 unspecified atom stereocenters. The van der Waals surface area contributed by atoms with Gasteiger partial charge in [0, 0.05) is 45.5 Å². The SMILES string of the molecule is Nc1ccc(-c2cccc(N)c2)cc1.Nc1ccc(-c2cccc(N)c2)cc1.Nc1ccc(N)cc1.Nc1cccc(N)c1.Nc1ccccc1N.O. The van der Waals surface area contributed by atoms with Crippen molar-refractivity contribution < 1.29 is 5.48 Å². The fourth-order valence-corrected chi connectivity index (χ4v) is 4.35. The number of hydrogen-bond acceptors (Lipinski definition) is 10.